The number of hydrogen-bond donors (Lipinski definition) is 1. The predicted octanol–water partition coefficient (Wildman–Crippen LogP) is 6.04. The van der Waals surface area contributed by atoms with E-state index < -0.39 is 24.3 Å². The smallest absolute Gasteiger partial charge is 0.449 e. The van der Waals surface area contributed by atoms with Crippen LogP contribution in [0.25, 0.3) is 0 Å². The molecule has 1 aliphatic rings. The second kappa shape index (κ2) is 9.41. The highest BCUT2D eigenvalue weighted by Crippen LogP contribution is 2.37. The molecular weight excluding hydrogens is 423 g/mol. The van der Waals surface area contributed by atoms with E-state index in [9.17, 15) is 18.0 Å². The van der Waals surface area contributed by atoms with E-state index in [1.807, 2.05) is 22.4 Å². The molecule has 154 valence electrons. The maximum Gasteiger partial charge on any atom is 0.511 e. The third-order valence-electron chi connectivity index (χ3n) is 4.14. The van der Waals surface area contributed by atoms with Gasteiger partial charge in [-0.2, -0.15) is 0 Å². The molecule has 1 aliphatic heterocycles. The Bertz CT molecular complexity index is 896. The van der Waals surface area contributed by atoms with E-state index in [-0.39, 0.29) is 17.1 Å². The van der Waals surface area contributed by atoms with E-state index in [2.05, 4.69) is 0 Å². The summed E-state index contributed by atoms with van der Waals surface area (Å²) in [6.07, 6.45) is 1.36. The molecule has 9 heteroatoms. The Morgan fingerprint density at radius 2 is 2.03 bits per heavy atom. The summed E-state index contributed by atoms with van der Waals surface area (Å²) in [4.78, 5) is 14.0. The number of carboxylic acid groups (broad SMARTS) is 1. The Morgan fingerprint density at radius 3 is 2.69 bits per heavy atom. The molecule has 0 radical (unpaired) electrons. The van der Waals surface area contributed by atoms with Crippen LogP contribution in [0.3, 0.4) is 0 Å². The number of rotatable bonds is 8. The van der Waals surface area contributed by atoms with Gasteiger partial charge in [-0.05, 0) is 29.7 Å². The molecule has 0 bridgehead atoms. The molecule has 2 aromatic rings. The molecule has 0 spiro atoms. The predicted molar refractivity (Wildman–Crippen MR) is 107 cm³/mol. The largest absolute Gasteiger partial charge is 0.511 e. The maximum absolute atomic E-state index is 14.4. The number of thioether (sulfide) groups is 1. The molecule has 0 saturated carbocycles. The van der Waals surface area contributed by atoms with Gasteiger partial charge in [0.25, 0.3) is 5.92 Å². The first kappa shape index (κ1) is 21.3. The monoisotopic (exact) mass is 441 g/mol. The van der Waals surface area contributed by atoms with Crippen LogP contribution in [-0.4, -0.2) is 28.5 Å². The molecule has 3 rings (SSSR count). The average molecular weight is 441 g/mol. The summed E-state index contributed by atoms with van der Waals surface area (Å²) < 4.78 is 46.7. The van der Waals surface area contributed by atoms with Crippen molar-refractivity contribution in [1.82, 2.24) is 4.90 Å². The van der Waals surface area contributed by atoms with Gasteiger partial charge in [0.05, 0.1) is 6.54 Å². The first-order valence-corrected chi connectivity index (χ1v) is 10.6. The third kappa shape index (κ3) is 5.80. The molecular formula is C20H18F3NO3S2. The van der Waals surface area contributed by atoms with Gasteiger partial charge in [-0.15, -0.1) is 23.1 Å². The number of hydrogen-bond acceptors (Lipinski definition) is 5. The molecule has 0 atom stereocenters. The number of thiophene rings is 1. The number of benzene rings is 1. The first-order chi connectivity index (χ1) is 13.8. The van der Waals surface area contributed by atoms with E-state index in [1.54, 1.807) is 23.5 Å². The van der Waals surface area contributed by atoms with E-state index in [0.29, 0.717) is 18.1 Å². The number of carbonyl (C=O) groups is 1. The molecule has 1 aromatic carbocycles. The van der Waals surface area contributed by atoms with Gasteiger partial charge in [0.15, 0.2) is 5.76 Å². The van der Waals surface area contributed by atoms with Crippen molar-refractivity contribution in [3.63, 3.8) is 0 Å². The highest BCUT2D eigenvalue weighted by Gasteiger charge is 2.32. The highest BCUT2D eigenvalue weighted by molar-refractivity contribution is 8.03. The van der Waals surface area contributed by atoms with Gasteiger partial charge < -0.3 is 14.7 Å². The lowest BCUT2D eigenvalue weighted by molar-refractivity contribution is -0.00708. The van der Waals surface area contributed by atoms with Crippen LogP contribution < -0.4 is 0 Å². The summed E-state index contributed by atoms with van der Waals surface area (Å²) in [6, 6.07) is 8.02. The Balaban J connectivity index is 1.72. The van der Waals surface area contributed by atoms with E-state index in [1.165, 1.54) is 0 Å². The van der Waals surface area contributed by atoms with Crippen LogP contribution in [0.5, 0.6) is 0 Å². The molecule has 0 aliphatic carbocycles. The van der Waals surface area contributed by atoms with Crippen molar-refractivity contribution in [2.75, 3.05) is 12.3 Å². The zero-order valence-electron chi connectivity index (χ0n) is 15.2. The van der Waals surface area contributed by atoms with Gasteiger partial charge in [-0.25, -0.2) is 18.0 Å². The minimum absolute atomic E-state index is 0.0287. The van der Waals surface area contributed by atoms with Crippen LogP contribution in [0, 0.1) is 5.82 Å². The summed E-state index contributed by atoms with van der Waals surface area (Å²) in [5, 5.41) is 11.4. The van der Waals surface area contributed by atoms with Gasteiger partial charge in [0.1, 0.15) is 10.8 Å². The minimum Gasteiger partial charge on any atom is -0.449 e. The van der Waals surface area contributed by atoms with Gasteiger partial charge in [-0.3, -0.25) is 0 Å². The quantitative estimate of drug-likeness (QED) is 0.506. The minimum atomic E-state index is -3.13. The fourth-order valence-corrected chi connectivity index (χ4v) is 4.62. The molecule has 4 nitrogen and oxygen atoms in total. The van der Waals surface area contributed by atoms with E-state index in [0.717, 1.165) is 40.9 Å². The van der Waals surface area contributed by atoms with Gasteiger partial charge >= 0.3 is 6.16 Å². The number of halogens is 3. The number of nitrogens with zero attached hydrogens (tertiary/aromatic N) is 1. The molecule has 1 N–H and O–H groups in total. The molecule has 0 unspecified atom stereocenters. The van der Waals surface area contributed by atoms with E-state index >= 15 is 0 Å². The van der Waals surface area contributed by atoms with Gasteiger partial charge in [-0.1, -0.05) is 24.3 Å². The Morgan fingerprint density at radius 1 is 1.28 bits per heavy atom. The Labute approximate surface area is 174 Å². The fraction of sp³-hybridized carbons (Fsp3) is 0.250. The number of ether oxygens (including phenoxy) is 1. The van der Waals surface area contributed by atoms with Gasteiger partial charge in [0.2, 0.25) is 0 Å². The van der Waals surface area contributed by atoms with Crippen LogP contribution in [0.4, 0.5) is 18.0 Å². The zero-order valence-corrected chi connectivity index (χ0v) is 16.8. The topological polar surface area (TPSA) is 49.8 Å². The summed E-state index contributed by atoms with van der Waals surface area (Å²) in [5.41, 5.74) is -0.255. The molecule has 1 aromatic heterocycles. The third-order valence-corrected chi connectivity index (χ3v) is 6.14. The summed E-state index contributed by atoms with van der Waals surface area (Å²) in [5.74, 6) is -3.55. The Kier molecular flexibility index (Phi) is 6.92. The van der Waals surface area contributed by atoms with Crippen LogP contribution in [0.1, 0.15) is 16.9 Å². The van der Waals surface area contributed by atoms with Crippen molar-refractivity contribution < 1.29 is 27.8 Å². The standard InChI is InChI=1S/C20H18F3NO3S2/c21-15-7-5-14(6-8-15)20(22,23)9-12-29-18-17(27-19(25)26)4-1-10-24(18)13-16-3-2-11-28-16/h1-8,11H,9-10,12-13H2,(H,25,26). The SMILES string of the molecule is O=C(O)OC1=C(SCCC(F)(F)c2ccc(F)cc2)N(Cc2cccs2)CC=C1. The Hall–Kier alpha value is -2.39. The molecule has 0 amide bonds. The van der Waals surface area contributed by atoms with E-state index in [4.69, 9.17) is 9.84 Å². The van der Waals surface area contributed by atoms with Gasteiger partial charge in [0, 0.05) is 29.2 Å². The van der Waals surface area contributed by atoms with Crippen molar-refractivity contribution in [1.29, 1.82) is 0 Å². The maximum atomic E-state index is 14.4. The van der Waals surface area contributed by atoms with Crippen molar-refractivity contribution >= 4 is 29.3 Å². The second-order valence-corrected chi connectivity index (χ2v) is 8.33. The summed E-state index contributed by atoms with van der Waals surface area (Å²) >= 11 is 2.67. The normalized spacial score (nSPS) is 14.4. The second-order valence-electron chi connectivity index (χ2n) is 6.21. The van der Waals surface area contributed by atoms with Crippen molar-refractivity contribution in [3.05, 3.63) is 81.0 Å². The van der Waals surface area contributed by atoms with Crippen LogP contribution in [0.15, 0.2) is 64.7 Å². The average Bonchev–Trinajstić information content (AvgIpc) is 3.17. The molecule has 0 fully saturated rings. The summed E-state index contributed by atoms with van der Waals surface area (Å²) in [7, 11) is 0. The van der Waals surface area contributed by atoms with Crippen molar-refractivity contribution in [3.8, 4) is 0 Å². The summed E-state index contributed by atoms with van der Waals surface area (Å²) in [6.45, 7) is 1.03. The van der Waals surface area contributed by atoms with Crippen LogP contribution in [-0.2, 0) is 17.2 Å². The molecule has 0 saturated heterocycles. The van der Waals surface area contributed by atoms with Crippen LogP contribution in [0.2, 0.25) is 0 Å². The number of allylic oxidation sites excluding steroid dienone is 1. The highest BCUT2D eigenvalue weighted by atomic mass is 32.2. The lowest BCUT2D eigenvalue weighted by Crippen LogP contribution is -2.26. The molecule has 2 heterocycles. The fourth-order valence-electron chi connectivity index (χ4n) is 2.77. The molecule has 29 heavy (non-hydrogen) atoms. The first-order valence-electron chi connectivity index (χ1n) is 8.71. The van der Waals surface area contributed by atoms with Crippen LogP contribution >= 0.6 is 23.1 Å². The lowest BCUT2D eigenvalue weighted by atomic mass is 10.1. The zero-order chi connectivity index (χ0) is 20.9. The van der Waals surface area contributed by atoms with Crippen molar-refractivity contribution in [2.24, 2.45) is 0 Å². The van der Waals surface area contributed by atoms with Crippen molar-refractivity contribution in [2.45, 2.75) is 18.9 Å². The lowest BCUT2D eigenvalue weighted by Gasteiger charge is -2.29. The number of alkyl halides is 2.